The van der Waals surface area contributed by atoms with E-state index in [-0.39, 0.29) is 12.5 Å². The zero-order valence-corrected chi connectivity index (χ0v) is 18.7. The standard InChI is InChI=1S/C27H21N7O/c35-27(28-17-25-32-31-24-13-7-8-14-33(24)25)21-15-23(20-11-5-2-6-12-20)30-26-22(21)16-29-34(26)18-19-9-3-1-4-10-19/h1-16H,17-18H2,(H,28,35). The van der Waals surface area contributed by atoms with Gasteiger partial charge in [-0.05, 0) is 23.8 Å². The summed E-state index contributed by atoms with van der Waals surface area (Å²) in [7, 11) is 0. The number of pyridine rings is 2. The van der Waals surface area contributed by atoms with Gasteiger partial charge in [-0.1, -0.05) is 66.7 Å². The average Bonchev–Trinajstić information content (AvgIpc) is 3.52. The SMILES string of the molecule is O=C(NCc1nnc2ccccn12)c1cc(-c2ccccc2)nc2c1cnn2Cc1ccccc1. The van der Waals surface area contributed by atoms with Crippen molar-refractivity contribution in [2.24, 2.45) is 0 Å². The van der Waals surface area contributed by atoms with E-state index < -0.39 is 0 Å². The van der Waals surface area contributed by atoms with E-state index in [2.05, 4.69) is 20.6 Å². The van der Waals surface area contributed by atoms with Gasteiger partial charge in [-0.25, -0.2) is 9.67 Å². The molecule has 4 aromatic heterocycles. The predicted molar refractivity (Wildman–Crippen MR) is 133 cm³/mol. The normalized spacial score (nSPS) is 11.2. The van der Waals surface area contributed by atoms with Crippen LogP contribution >= 0.6 is 0 Å². The molecule has 6 rings (SSSR count). The van der Waals surface area contributed by atoms with E-state index in [0.29, 0.717) is 34.7 Å². The first-order valence-corrected chi connectivity index (χ1v) is 11.3. The molecule has 6 aromatic rings. The van der Waals surface area contributed by atoms with Crippen LogP contribution in [0.3, 0.4) is 0 Å². The second-order valence-corrected chi connectivity index (χ2v) is 8.17. The van der Waals surface area contributed by atoms with Gasteiger partial charge in [-0.3, -0.25) is 9.20 Å². The first-order chi connectivity index (χ1) is 17.3. The topological polar surface area (TPSA) is 90.0 Å². The Balaban J connectivity index is 1.38. The van der Waals surface area contributed by atoms with Crippen LogP contribution in [0, 0.1) is 0 Å². The third kappa shape index (κ3) is 4.02. The Morgan fingerprint density at radius 3 is 2.49 bits per heavy atom. The Labute approximate surface area is 200 Å². The maximum Gasteiger partial charge on any atom is 0.252 e. The Hall–Kier alpha value is -4.85. The van der Waals surface area contributed by atoms with Crippen LogP contribution in [-0.4, -0.2) is 35.3 Å². The van der Waals surface area contributed by atoms with E-state index in [9.17, 15) is 4.79 Å². The molecule has 170 valence electrons. The molecule has 0 atom stereocenters. The zero-order valence-electron chi connectivity index (χ0n) is 18.7. The van der Waals surface area contributed by atoms with E-state index in [1.54, 1.807) is 6.20 Å². The van der Waals surface area contributed by atoms with Crippen molar-refractivity contribution in [2.75, 3.05) is 0 Å². The lowest BCUT2D eigenvalue weighted by molar-refractivity contribution is 0.0951. The molecule has 0 saturated heterocycles. The maximum atomic E-state index is 13.4. The minimum absolute atomic E-state index is 0.221. The van der Waals surface area contributed by atoms with Crippen molar-refractivity contribution in [1.82, 2.24) is 34.7 Å². The van der Waals surface area contributed by atoms with Crippen LogP contribution in [0.25, 0.3) is 27.9 Å². The highest BCUT2D eigenvalue weighted by atomic mass is 16.1. The molecule has 0 aliphatic carbocycles. The second kappa shape index (κ2) is 8.83. The summed E-state index contributed by atoms with van der Waals surface area (Å²) in [6, 6.07) is 27.4. The molecule has 0 aliphatic heterocycles. The fourth-order valence-electron chi connectivity index (χ4n) is 4.13. The predicted octanol–water partition coefficient (Wildman–Crippen LogP) is 4.12. The molecule has 1 amide bonds. The molecule has 35 heavy (non-hydrogen) atoms. The van der Waals surface area contributed by atoms with Crippen LogP contribution in [0.1, 0.15) is 21.7 Å². The molecule has 0 spiro atoms. The number of aromatic nitrogens is 6. The summed E-state index contributed by atoms with van der Waals surface area (Å²) in [4.78, 5) is 18.3. The number of nitrogens with zero attached hydrogens (tertiary/aromatic N) is 6. The quantitative estimate of drug-likeness (QED) is 0.405. The monoisotopic (exact) mass is 459 g/mol. The van der Waals surface area contributed by atoms with E-state index in [1.165, 1.54) is 0 Å². The van der Waals surface area contributed by atoms with Gasteiger partial charge in [-0.2, -0.15) is 5.10 Å². The molecule has 0 saturated carbocycles. The Morgan fingerprint density at radius 1 is 0.886 bits per heavy atom. The van der Waals surface area contributed by atoms with Gasteiger partial charge in [0.15, 0.2) is 17.1 Å². The van der Waals surface area contributed by atoms with Crippen molar-refractivity contribution < 1.29 is 4.79 Å². The Morgan fingerprint density at radius 2 is 1.66 bits per heavy atom. The third-order valence-electron chi connectivity index (χ3n) is 5.89. The molecule has 0 fully saturated rings. The maximum absolute atomic E-state index is 13.4. The molecule has 8 nitrogen and oxygen atoms in total. The van der Waals surface area contributed by atoms with Gasteiger partial charge in [0.1, 0.15) is 0 Å². The number of hydrogen-bond donors (Lipinski definition) is 1. The lowest BCUT2D eigenvalue weighted by Gasteiger charge is -2.10. The summed E-state index contributed by atoms with van der Waals surface area (Å²) in [6.07, 6.45) is 3.59. The van der Waals surface area contributed by atoms with Crippen molar-refractivity contribution in [1.29, 1.82) is 0 Å². The first-order valence-electron chi connectivity index (χ1n) is 11.3. The van der Waals surface area contributed by atoms with Crippen LogP contribution in [0.2, 0.25) is 0 Å². The van der Waals surface area contributed by atoms with Gasteiger partial charge in [0.05, 0.1) is 35.9 Å². The highest BCUT2D eigenvalue weighted by molar-refractivity contribution is 6.06. The molecule has 8 heteroatoms. The van der Waals surface area contributed by atoms with Crippen LogP contribution < -0.4 is 5.32 Å². The van der Waals surface area contributed by atoms with Crippen molar-refractivity contribution >= 4 is 22.6 Å². The molecular formula is C27H21N7O. The minimum atomic E-state index is -0.221. The van der Waals surface area contributed by atoms with Gasteiger partial charge >= 0.3 is 0 Å². The lowest BCUT2D eigenvalue weighted by Crippen LogP contribution is -2.24. The number of benzene rings is 2. The minimum Gasteiger partial charge on any atom is -0.345 e. The third-order valence-corrected chi connectivity index (χ3v) is 5.89. The molecule has 2 aromatic carbocycles. The highest BCUT2D eigenvalue weighted by Crippen LogP contribution is 2.25. The molecule has 4 heterocycles. The lowest BCUT2D eigenvalue weighted by atomic mass is 10.1. The molecule has 0 unspecified atom stereocenters. The highest BCUT2D eigenvalue weighted by Gasteiger charge is 2.18. The zero-order chi connectivity index (χ0) is 23.6. The number of fused-ring (bicyclic) bond motifs is 2. The molecular weight excluding hydrogens is 438 g/mol. The van der Waals surface area contributed by atoms with E-state index in [1.807, 2.05) is 100 Å². The number of rotatable bonds is 6. The largest absolute Gasteiger partial charge is 0.345 e. The van der Waals surface area contributed by atoms with Gasteiger partial charge in [0.2, 0.25) is 0 Å². The summed E-state index contributed by atoms with van der Waals surface area (Å²) >= 11 is 0. The van der Waals surface area contributed by atoms with E-state index in [4.69, 9.17) is 4.98 Å². The van der Waals surface area contributed by atoms with Crippen molar-refractivity contribution in [3.63, 3.8) is 0 Å². The summed E-state index contributed by atoms with van der Waals surface area (Å²) in [6.45, 7) is 0.801. The van der Waals surface area contributed by atoms with Crippen molar-refractivity contribution in [2.45, 2.75) is 13.1 Å². The molecule has 0 radical (unpaired) electrons. The number of amides is 1. The summed E-state index contributed by atoms with van der Waals surface area (Å²) in [5.41, 5.74) is 4.66. The van der Waals surface area contributed by atoms with Gasteiger partial charge in [-0.15, -0.1) is 10.2 Å². The Bertz CT molecular complexity index is 1640. The van der Waals surface area contributed by atoms with Crippen LogP contribution in [0.4, 0.5) is 0 Å². The smallest absolute Gasteiger partial charge is 0.252 e. The van der Waals surface area contributed by atoms with Crippen molar-refractivity contribution in [3.8, 4) is 11.3 Å². The van der Waals surface area contributed by atoms with Gasteiger partial charge < -0.3 is 5.32 Å². The van der Waals surface area contributed by atoms with Crippen LogP contribution in [-0.2, 0) is 13.1 Å². The second-order valence-electron chi connectivity index (χ2n) is 8.17. The number of nitrogens with one attached hydrogen (secondary N) is 1. The van der Waals surface area contributed by atoms with Crippen LogP contribution in [0.5, 0.6) is 0 Å². The van der Waals surface area contributed by atoms with Gasteiger partial charge in [0, 0.05) is 11.8 Å². The molecule has 0 aliphatic rings. The summed E-state index contributed by atoms with van der Waals surface area (Å²) in [5, 5.41) is 16.6. The van der Waals surface area contributed by atoms with Crippen molar-refractivity contribution in [3.05, 3.63) is 114 Å². The fraction of sp³-hybridized carbons (Fsp3) is 0.0741. The van der Waals surface area contributed by atoms with E-state index >= 15 is 0 Å². The first kappa shape index (κ1) is 20.7. The van der Waals surface area contributed by atoms with Gasteiger partial charge in [0.25, 0.3) is 5.91 Å². The van der Waals surface area contributed by atoms with E-state index in [0.717, 1.165) is 16.8 Å². The number of carbonyl (C=O) groups excluding carboxylic acids is 1. The number of carbonyl (C=O) groups is 1. The summed E-state index contributed by atoms with van der Waals surface area (Å²) < 4.78 is 3.69. The Kier molecular flexibility index (Phi) is 5.23. The summed E-state index contributed by atoms with van der Waals surface area (Å²) in [5.74, 6) is 0.434. The average molecular weight is 460 g/mol. The number of hydrogen-bond acceptors (Lipinski definition) is 5. The fourth-order valence-corrected chi connectivity index (χ4v) is 4.13. The van der Waals surface area contributed by atoms with Crippen LogP contribution in [0.15, 0.2) is 97.3 Å². The molecule has 0 bridgehead atoms. The molecule has 1 N–H and O–H groups in total.